The largest absolute Gasteiger partial charge is 0.497 e. The van der Waals surface area contributed by atoms with E-state index in [4.69, 9.17) is 9.47 Å². The second-order valence-electron chi connectivity index (χ2n) is 5.84. The van der Waals surface area contributed by atoms with E-state index in [1.807, 2.05) is 30.5 Å². The van der Waals surface area contributed by atoms with E-state index < -0.39 is 12.0 Å². The molecule has 6 heteroatoms. The molecule has 1 heterocycles. The Morgan fingerprint density at radius 1 is 1.12 bits per heavy atom. The zero-order chi connectivity index (χ0) is 18.5. The molecule has 3 rings (SSSR count). The van der Waals surface area contributed by atoms with Crippen molar-refractivity contribution < 1.29 is 19.1 Å². The van der Waals surface area contributed by atoms with E-state index in [0.717, 1.165) is 16.5 Å². The fraction of sp³-hybridized carbons (Fsp3) is 0.200. The number of H-pyrrole nitrogens is 1. The smallest absolute Gasteiger partial charge is 0.328 e. The summed E-state index contributed by atoms with van der Waals surface area (Å²) in [6.45, 7) is 0. The number of carbonyl (C=O) groups excluding carboxylic acids is 2. The average Bonchev–Trinajstić information content (AvgIpc) is 3.09. The molecule has 0 saturated carbocycles. The van der Waals surface area contributed by atoms with Crippen molar-refractivity contribution in [2.24, 2.45) is 0 Å². The lowest BCUT2D eigenvalue weighted by Gasteiger charge is -2.16. The third-order valence-electron chi connectivity index (χ3n) is 4.22. The topological polar surface area (TPSA) is 80.4 Å². The van der Waals surface area contributed by atoms with Gasteiger partial charge in [-0.15, -0.1) is 0 Å². The van der Waals surface area contributed by atoms with Crippen LogP contribution in [0.25, 0.3) is 10.9 Å². The van der Waals surface area contributed by atoms with Gasteiger partial charge in [-0.25, -0.2) is 4.79 Å². The zero-order valence-corrected chi connectivity index (χ0v) is 14.6. The van der Waals surface area contributed by atoms with Gasteiger partial charge in [0.2, 0.25) is 0 Å². The Bertz CT molecular complexity index is 932. The van der Waals surface area contributed by atoms with Crippen molar-refractivity contribution in [3.05, 3.63) is 65.9 Å². The molecular weight excluding hydrogens is 332 g/mol. The van der Waals surface area contributed by atoms with Crippen molar-refractivity contribution in [2.45, 2.75) is 12.5 Å². The van der Waals surface area contributed by atoms with Crippen LogP contribution in [0.4, 0.5) is 0 Å². The number of ether oxygens (including phenoxy) is 2. The van der Waals surface area contributed by atoms with Crippen LogP contribution in [0.5, 0.6) is 5.75 Å². The molecule has 0 spiro atoms. The third kappa shape index (κ3) is 3.69. The first-order valence-corrected chi connectivity index (χ1v) is 8.20. The first kappa shape index (κ1) is 17.5. The lowest BCUT2D eigenvalue weighted by Crippen LogP contribution is -2.43. The van der Waals surface area contributed by atoms with Gasteiger partial charge in [0.1, 0.15) is 11.8 Å². The minimum absolute atomic E-state index is 0.326. The predicted molar refractivity (Wildman–Crippen MR) is 98.3 cm³/mol. The maximum atomic E-state index is 12.6. The van der Waals surface area contributed by atoms with Crippen LogP contribution in [0.15, 0.2) is 54.7 Å². The average molecular weight is 352 g/mol. The van der Waals surface area contributed by atoms with Crippen LogP contribution in [0.3, 0.4) is 0 Å². The van der Waals surface area contributed by atoms with E-state index in [1.165, 1.54) is 14.2 Å². The Kier molecular flexibility index (Phi) is 5.22. The molecule has 0 unspecified atom stereocenters. The van der Waals surface area contributed by atoms with Gasteiger partial charge in [-0.2, -0.15) is 0 Å². The molecule has 0 fully saturated rings. The van der Waals surface area contributed by atoms with Crippen LogP contribution in [0.1, 0.15) is 15.9 Å². The van der Waals surface area contributed by atoms with Gasteiger partial charge >= 0.3 is 5.97 Å². The number of fused-ring (bicyclic) bond motifs is 1. The SMILES string of the molecule is COC(=O)[C@@H](Cc1c[nH]c2ccccc12)NC(=O)c1cccc(OC)c1. The summed E-state index contributed by atoms with van der Waals surface area (Å²) in [5, 5.41) is 3.77. The second kappa shape index (κ2) is 7.74. The number of carbonyl (C=O) groups is 2. The molecule has 3 aromatic rings. The second-order valence-corrected chi connectivity index (χ2v) is 5.84. The van der Waals surface area contributed by atoms with Crippen LogP contribution in [0, 0.1) is 0 Å². The number of rotatable bonds is 6. The molecule has 0 radical (unpaired) electrons. The van der Waals surface area contributed by atoms with Crippen LogP contribution in [0.2, 0.25) is 0 Å². The number of para-hydroxylation sites is 1. The number of aromatic nitrogens is 1. The molecule has 1 atom stereocenters. The van der Waals surface area contributed by atoms with Crippen molar-refractivity contribution in [2.75, 3.05) is 14.2 Å². The van der Waals surface area contributed by atoms with Gasteiger partial charge in [-0.05, 0) is 29.8 Å². The monoisotopic (exact) mass is 352 g/mol. The summed E-state index contributed by atoms with van der Waals surface area (Å²) in [4.78, 5) is 27.9. The Labute approximate surface area is 151 Å². The van der Waals surface area contributed by atoms with Crippen molar-refractivity contribution in [1.82, 2.24) is 10.3 Å². The zero-order valence-electron chi connectivity index (χ0n) is 14.6. The molecule has 0 aliphatic heterocycles. The van der Waals surface area contributed by atoms with Crippen LogP contribution >= 0.6 is 0 Å². The van der Waals surface area contributed by atoms with E-state index in [1.54, 1.807) is 24.3 Å². The lowest BCUT2D eigenvalue weighted by atomic mass is 10.0. The molecule has 26 heavy (non-hydrogen) atoms. The molecule has 6 nitrogen and oxygen atoms in total. The van der Waals surface area contributed by atoms with Gasteiger partial charge in [0.25, 0.3) is 5.91 Å². The Morgan fingerprint density at radius 3 is 2.69 bits per heavy atom. The standard InChI is InChI=1S/C20H20N2O4/c1-25-15-7-5-6-13(10-15)19(23)22-18(20(24)26-2)11-14-12-21-17-9-4-3-8-16(14)17/h3-10,12,18,21H,11H2,1-2H3,(H,22,23)/t18-/m1/s1. The molecule has 0 aliphatic carbocycles. The van der Waals surface area contributed by atoms with Gasteiger partial charge in [-0.1, -0.05) is 24.3 Å². The predicted octanol–water partition coefficient (Wildman–Crippen LogP) is 2.69. The number of aromatic amines is 1. The summed E-state index contributed by atoms with van der Waals surface area (Å²) in [5.41, 5.74) is 2.32. The van der Waals surface area contributed by atoms with Crippen molar-refractivity contribution >= 4 is 22.8 Å². The highest BCUT2D eigenvalue weighted by Crippen LogP contribution is 2.20. The summed E-state index contributed by atoms with van der Waals surface area (Å²) >= 11 is 0. The number of benzene rings is 2. The van der Waals surface area contributed by atoms with Crippen LogP contribution in [-0.4, -0.2) is 37.1 Å². The minimum Gasteiger partial charge on any atom is -0.497 e. The van der Waals surface area contributed by atoms with E-state index in [2.05, 4.69) is 10.3 Å². The minimum atomic E-state index is -0.794. The van der Waals surface area contributed by atoms with Crippen LogP contribution < -0.4 is 10.1 Å². The van der Waals surface area contributed by atoms with Gasteiger partial charge in [-0.3, -0.25) is 4.79 Å². The molecule has 0 saturated heterocycles. The maximum Gasteiger partial charge on any atom is 0.328 e. The summed E-state index contributed by atoms with van der Waals surface area (Å²) in [5.74, 6) is -0.283. The highest BCUT2D eigenvalue weighted by molar-refractivity contribution is 5.97. The number of hydrogen-bond donors (Lipinski definition) is 2. The lowest BCUT2D eigenvalue weighted by molar-refractivity contribution is -0.142. The molecule has 134 valence electrons. The highest BCUT2D eigenvalue weighted by Gasteiger charge is 2.24. The molecule has 1 amide bonds. The third-order valence-corrected chi connectivity index (χ3v) is 4.22. The van der Waals surface area contributed by atoms with Gasteiger partial charge in [0.05, 0.1) is 14.2 Å². The van der Waals surface area contributed by atoms with E-state index >= 15 is 0 Å². The van der Waals surface area contributed by atoms with Crippen LogP contribution in [-0.2, 0) is 16.0 Å². The maximum absolute atomic E-state index is 12.6. The Hall–Kier alpha value is -3.28. The summed E-state index contributed by atoms with van der Waals surface area (Å²) in [7, 11) is 2.84. The fourth-order valence-electron chi connectivity index (χ4n) is 2.86. The van der Waals surface area contributed by atoms with Crippen molar-refractivity contribution in [1.29, 1.82) is 0 Å². The number of hydrogen-bond acceptors (Lipinski definition) is 4. The molecular formula is C20H20N2O4. The van der Waals surface area contributed by atoms with Gasteiger partial charge in [0, 0.05) is 29.1 Å². The van der Waals surface area contributed by atoms with E-state index in [9.17, 15) is 9.59 Å². The fourth-order valence-corrected chi connectivity index (χ4v) is 2.86. The molecule has 2 aromatic carbocycles. The van der Waals surface area contributed by atoms with E-state index in [0.29, 0.717) is 17.7 Å². The Balaban J connectivity index is 1.82. The van der Waals surface area contributed by atoms with Crippen molar-refractivity contribution in [3.8, 4) is 5.75 Å². The van der Waals surface area contributed by atoms with Crippen molar-refractivity contribution in [3.63, 3.8) is 0 Å². The molecule has 0 bridgehead atoms. The molecule has 0 aliphatic rings. The highest BCUT2D eigenvalue weighted by atomic mass is 16.5. The summed E-state index contributed by atoms with van der Waals surface area (Å²) in [6, 6.07) is 13.8. The van der Waals surface area contributed by atoms with E-state index in [-0.39, 0.29) is 5.91 Å². The normalized spacial score (nSPS) is 11.8. The number of methoxy groups -OCH3 is 2. The summed E-state index contributed by atoms with van der Waals surface area (Å²) in [6.07, 6.45) is 2.17. The van der Waals surface area contributed by atoms with Gasteiger partial charge in [0.15, 0.2) is 0 Å². The first-order valence-electron chi connectivity index (χ1n) is 8.20. The number of nitrogens with one attached hydrogen (secondary N) is 2. The molecule has 1 aromatic heterocycles. The summed E-state index contributed by atoms with van der Waals surface area (Å²) < 4.78 is 10.0. The number of esters is 1. The first-order chi connectivity index (χ1) is 12.6. The molecule has 2 N–H and O–H groups in total. The quantitative estimate of drug-likeness (QED) is 0.669. The Morgan fingerprint density at radius 2 is 1.92 bits per heavy atom. The number of amides is 1. The van der Waals surface area contributed by atoms with Gasteiger partial charge < -0.3 is 19.8 Å².